The van der Waals surface area contributed by atoms with Crippen molar-refractivity contribution >= 4 is 42.9 Å². The van der Waals surface area contributed by atoms with Gasteiger partial charge in [-0.1, -0.05) is 54.6 Å². The van der Waals surface area contributed by atoms with E-state index in [9.17, 15) is 0 Å². The first-order valence-electron chi connectivity index (χ1n) is 6.57. The molecule has 0 aliphatic rings. The zero-order chi connectivity index (χ0) is 13.8. The Kier molecular flexibility index (Phi) is 6.14. The van der Waals surface area contributed by atoms with Gasteiger partial charge in [-0.2, -0.15) is 0 Å². The van der Waals surface area contributed by atoms with Crippen molar-refractivity contribution in [3.05, 3.63) is 91.0 Å². The van der Waals surface area contributed by atoms with E-state index in [-0.39, 0.29) is 20.4 Å². The summed E-state index contributed by atoms with van der Waals surface area (Å²) in [6, 6.07) is 32.6. The van der Waals surface area contributed by atoms with Crippen LogP contribution in [0.5, 0.6) is 0 Å². The molecule has 21 heavy (non-hydrogen) atoms. The van der Waals surface area contributed by atoms with Crippen molar-refractivity contribution < 1.29 is 20.4 Å². The molecule has 0 bridgehead atoms. The van der Waals surface area contributed by atoms with Crippen LogP contribution in [0.3, 0.4) is 0 Å². The van der Waals surface area contributed by atoms with Gasteiger partial charge in [0.25, 0.3) is 0 Å². The Balaban J connectivity index is 0.00000161. The van der Waals surface area contributed by atoms with Crippen molar-refractivity contribution in [2.24, 2.45) is 0 Å². The Bertz CT molecular complexity index is 575. The van der Waals surface area contributed by atoms with Gasteiger partial charge in [-0.25, -0.2) is 0 Å². The fourth-order valence-corrected chi connectivity index (χ4v) is 7.89. The van der Waals surface area contributed by atoms with Gasteiger partial charge in [-0.3, -0.25) is 0 Å². The molecule has 3 aromatic carbocycles. The maximum absolute atomic E-state index is 2.68. The van der Waals surface area contributed by atoms with Gasteiger partial charge in [-0.15, -0.1) is 0 Å². The number of benzene rings is 3. The Morgan fingerprint density at radius 2 is 0.714 bits per heavy atom. The summed E-state index contributed by atoms with van der Waals surface area (Å²) in [4.78, 5) is -1.56. The molecule has 0 saturated carbocycles. The van der Waals surface area contributed by atoms with Crippen molar-refractivity contribution in [3.63, 3.8) is 0 Å². The molecule has 105 valence electrons. The molecular weight excluding hydrogens is 560 g/mol. The molecule has 3 aromatic rings. The van der Waals surface area contributed by atoms with Crippen LogP contribution < -0.4 is 15.9 Å². The van der Waals surface area contributed by atoms with Crippen LogP contribution >= 0.6 is 26.9 Å². The molecule has 0 spiro atoms. The Morgan fingerprint density at radius 1 is 0.476 bits per heavy atom. The van der Waals surface area contributed by atoms with Gasteiger partial charge in [0, 0.05) is 20.4 Å². The van der Waals surface area contributed by atoms with Crippen LogP contribution in [0.2, 0.25) is 0 Å². The van der Waals surface area contributed by atoms with Crippen LogP contribution in [0.4, 0.5) is 0 Å². The van der Waals surface area contributed by atoms with Crippen molar-refractivity contribution in [1.29, 1.82) is 0 Å². The van der Waals surface area contributed by atoms with Crippen LogP contribution in [-0.2, 0) is 20.4 Å². The molecule has 0 nitrogen and oxygen atoms in total. The molecule has 3 rings (SSSR count). The molecule has 0 aromatic heterocycles. The molecule has 3 heteroatoms. The Hall–Kier alpha value is -0.518. The van der Waals surface area contributed by atoms with Gasteiger partial charge in [-0.05, 0) is 36.4 Å². The minimum atomic E-state index is -1.56. The molecule has 0 N–H and O–H groups in total. The van der Waals surface area contributed by atoms with E-state index < -0.39 is 4.90 Å². The Labute approximate surface area is 153 Å². The van der Waals surface area contributed by atoms with Crippen LogP contribution in [0.15, 0.2) is 91.0 Å². The molecule has 0 amide bonds. The van der Waals surface area contributed by atoms with Gasteiger partial charge >= 0.3 is 0 Å². The summed E-state index contributed by atoms with van der Waals surface area (Å²) in [6.45, 7) is 0. The van der Waals surface area contributed by atoms with Gasteiger partial charge < -0.3 is 0 Å². The summed E-state index contributed by atoms with van der Waals surface area (Å²) in [5, 5.41) is 4.24. The van der Waals surface area contributed by atoms with Crippen molar-refractivity contribution in [2.75, 3.05) is 0 Å². The number of hydrogen-bond donors (Lipinski definition) is 0. The molecule has 0 aliphatic carbocycles. The second-order valence-corrected chi connectivity index (χ2v) is 11.7. The summed E-state index contributed by atoms with van der Waals surface area (Å²) in [7, 11) is 0. The predicted molar refractivity (Wildman–Crippen MR) is 99.2 cm³/mol. The van der Waals surface area contributed by atoms with Gasteiger partial charge in [0.1, 0.15) is 15.9 Å². The largest absolute Gasteiger partial charge is 0.173 e. The van der Waals surface area contributed by atoms with E-state index in [0.717, 1.165) is 0 Å². The summed E-state index contributed by atoms with van der Waals surface area (Å²) >= 11 is 2.68. The van der Waals surface area contributed by atoms with E-state index in [2.05, 4.69) is 113 Å². The van der Waals surface area contributed by atoms with E-state index in [0.29, 0.717) is 0 Å². The maximum atomic E-state index is 2.68. The zero-order valence-electron chi connectivity index (χ0n) is 11.4. The van der Waals surface area contributed by atoms with Crippen LogP contribution in [0.25, 0.3) is 0 Å². The van der Waals surface area contributed by atoms with Gasteiger partial charge in [0.05, 0.1) is 0 Å². The van der Waals surface area contributed by atoms with Crippen molar-refractivity contribution in [3.8, 4) is 0 Å². The average Bonchev–Trinajstić information content (AvgIpc) is 2.56. The normalized spacial score (nSPS) is 10.7. The first kappa shape index (κ1) is 16.8. The van der Waals surface area contributed by atoms with E-state index in [1.54, 1.807) is 0 Å². The second kappa shape index (κ2) is 7.66. The minimum Gasteiger partial charge on any atom is -0.0620 e. The van der Waals surface area contributed by atoms with E-state index >= 15 is 0 Å². The van der Waals surface area contributed by atoms with Crippen LogP contribution in [0.1, 0.15) is 0 Å². The standard InChI is InChI=1S/C18H15IP.Re/c19-20(16-10-4-1-5-11-16,17-12-6-2-7-13-17)18-14-8-3-9-15-18;/h1-15H;/q+1;. The third kappa shape index (κ3) is 3.46. The topological polar surface area (TPSA) is 0 Å². The van der Waals surface area contributed by atoms with Gasteiger partial charge in [0.2, 0.25) is 0 Å². The number of hydrogen-bond acceptors (Lipinski definition) is 0. The zero-order valence-corrected chi connectivity index (χ0v) is 17.1. The van der Waals surface area contributed by atoms with Crippen molar-refractivity contribution in [2.45, 2.75) is 0 Å². The van der Waals surface area contributed by atoms with E-state index in [1.807, 2.05) is 0 Å². The maximum Gasteiger partial charge on any atom is 0.173 e. The minimum absolute atomic E-state index is 0. The average molecular weight is 575 g/mol. The molecule has 0 atom stereocenters. The molecule has 1 radical (unpaired) electrons. The van der Waals surface area contributed by atoms with Crippen LogP contribution in [0, 0.1) is 0 Å². The summed E-state index contributed by atoms with van der Waals surface area (Å²) in [5.41, 5.74) is 0. The third-order valence-electron chi connectivity index (χ3n) is 3.34. The van der Waals surface area contributed by atoms with E-state index in [1.165, 1.54) is 15.9 Å². The smallest absolute Gasteiger partial charge is 0.0620 e. The fraction of sp³-hybridized carbons (Fsp3) is 0. The quantitative estimate of drug-likeness (QED) is 0.323. The second-order valence-electron chi connectivity index (χ2n) is 4.60. The molecule has 0 unspecified atom stereocenters. The predicted octanol–water partition coefficient (Wildman–Crippen LogP) is 4.33. The van der Waals surface area contributed by atoms with Crippen LogP contribution in [-0.4, -0.2) is 0 Å². The molecule has 0 fully saturated rings. The first-order chi connectivity index (χ1) is 9.82. The first-order valence-corrected chi connectivity index (χ1v) is 11.1. The molecule has 0 aliphatic heterocycles. The SMILES string of the molecule is I[P+](c1ccccc1)(c1ccccc1)c1ccccc1.[Re]. The number of halogens is 1. The monoisotopic (exact) mass is 576 g/mol. The molecule has 0 heterocycles. The number of rotatable bonds is 3. The molecule has 0 saturated heterocycles. The summed E-state index contributed by atoms with van der Waals surface area (Å²) in [6.07, 6.45) is 0. The van der Waals surface area contributed by atoms with E-state index in [4.69, 9.17) is 0 Å². The van der Waals surface area contributed by atoms with Gasteiger partial charge in [0.15, 0.2) is 26.9 Å². The third-order valence-corrected chi connectivity index (χ3v) is 11.4. The summed E-state index contributed by atoms with van der Waals surface area (Å²) in [5.74, 6) is 0. The summed E-state index contributed by atoms with van der Waals surface area (Å²) < 4.78 is 0. The van der Waals surface area contributed by atoms with Crippen molar-refractivity contribution in [1.82, 2.24) is 0 Å². The molecular formula is C18H15IPRe+. The fourth-order valence-electron chi connectivity index (χ4n) is 2.35. The Morgan fingerprint density at radius 3 is 0.952 bits per heavy atom.